The van der Waals surface area contributed by atoms with Crippen LogP contribution in [0.3, 0.4) is 0 Å². The van der Waals surface area contributed by atoms with Gasteiger partial charge in [0.05, 0.1) is 5.52 Å². The number of hydrogen-bond acceptors (Lipinski definition) is 5. The number of hydrogen-bond donors (Lipinski definition) is 2. The number of benzene rings is 2. The van der Waals surface area contributed by atoms with Crippen molar-refractivity contribution in [2.24, 2.45) is 0 Å². The molecule has 4 aromatic rings. The number of rotatable bonds is 3. The van der Waals surface area contributed by atoms with Crippen molar-refractivity contribution in [3.05, 3.63) is 54.1 Å². The van der Waals surface area contributed by atoms with Crippen LogP contribution in [0.1, 0.15) is 5.56 Å². The van der Waals surface area contributed by atoms with Crippen LogP contribution in [0.25, 0.3) is 33.9 Å². The minimum absolute atomic E-state index is 0.164. The standard InChI is InChI=1S/C18H13N3O4/c1-10-14(21-25-16(10)11-6-3-2-4-7-11)17-19-12-8-5-9-13(15(12)20-17)24-18(22)23/h2-9H,1H3,(H,19,20)(H,22,23). The third kappa shape index (κ3) is 2.61. The summed E-state index contributed by atoms with van der Waals surface area (Å²) in [5, 5.41) is 13.0. The fourth-order valence-corrected chi connectivity index (χ4v) is 2.71. The second-order valence-corrected chi connectivity index (χ2v) is 5.46. The third-order valence-corrected chi connectivity index (χ3v) is 3.86. The van der Waals surface area contributed by atoms with Crippen LogP contribution in [0.4, 0.5) is 4.79 Å². The van der Waals surface area contributed by atoms with Gasteiger partial charge in [0.15, 0.2) is 23.0 Å². The molecule has 0 spiro atoms. The Morgan fingerprint density at radius 1 is 1.16 bits per heavy atom. The summed E-state index contributed by atoms with van der Waals surface area (Å²) in [5.74, 6) is 1.31. The Labute approximate surface area is 141 Å². The van der Waals surface area contributed by atoms with Gasteiger partial charge in [-0.2, -0.15) is 0 Å². The number of carboxylic acid groups (broad SMARTS) is 1. The topological polar surface area (TPSA) is 101 Å². The first-order valence-electron chi connectivity index (χ1n) is 7.55. The molecule has 7 heteroatoms. The van der Waals surface area contributed by atoms with Crippen LogP contribution in [-0.4, -0.2) is 26.4 Å². The van der Waals surface area contributed by atoms with Gasteiger partial charge in [0.25, 0.3) is 0 Å². The first kappa shape index (κ1) is 14.9. The van der Waals surface area contributed by atoms with E-state index in [4.69, 9.17) is 14.4 Å². The van der Waals surface area contributed by atoms with Crippen LogP contribution in [0.15, 0.2) is 53.1 Å². The van der Waals surface area contributed by atoms with E-state index in [1.807, 2.05) is 37.3 Å². The van der Waals surface area contributed by atoms with Gasteiger partial charge in [0.2, 0.25) is 0 Å². The van der Waals surface area contributed by atoms with E-state index in [2.05, 4.69) is 15.1 Å². The van der Waals surface area contributed by atoms with E-state index in [9.17, 15) is 4.79 Å². The highest BCUT2D eigenvalue weighted by molar-refractivity contribution is 5.86. The lowest BCUT2D eigenvalue weighted by Crippen LogP contribution is -2.03. The van der Waals surface area contributed by atoms with Gasteiger partial charge in [0.1, 0.15) is 5.52 Å². The summed E-state index contributed by atoms with van der Waals surface area (Å²) >= 11 is 0. The van der Waals surface area contributed by atoms with Crippen LogP contribution in [-0.2, 0) is 0 Å². The maximum atomic E-state index is 10.8. The first-order chi connectivity index (χ1) is 12.1. The van der Waals surface area contributed by atoms with Crippen molar-refractivity contribution in [1.29, 1.82) is 0 Å². The number of fused-ring (bicyclic) bond motifs is 1. The molecule has 0 saturated carbocycles. The monoisotopic (exact) mass is 335 g/mol. The van der Waals surface area contributed by atoms with Crippen LogP contribution in [0.2, 0.25) is 0 Å². The second kappa shape index (κ2) is 5.79. The van der Waals surface area contributed by atoms with Crippen molar-refractivity contribution in [2.45, 2.75) is 6.92 Å². The van der Waals surface area contributed by atoms with E-state index in [1.54, 1.807) is 18.2 Å². The summed E-state index contributed by atoms with van der Waals surface area (Å²) in [5.41, 5.74) is 3.40. The minimum atomic E-state index is -1.39. The summed E-state index contributed by atoms with van der Waals surface area (Å²) in [6, 6.07) is 14.7. The Morgan fingerprint density at radius 3 is 2.72 bits per heavy atom. The summed E-state index contributed by atoms with van der Waals surface area (Å²) < 4.78 is 10.3. The average Bonchev–Trinajstić information content (AvgIpc) is 3.19. The molecule has 0 aliphatic heterocycles. The summed E-state index contributed by atoms with van der Waals surface area (Å²) in [7, 11) is 0. The highest BCUT2D eigenvalue weighted by Crippen LogP contribution is 2.32. The lowest BCUT2D eigenvalue weighted by atomic mass is 10.1. The Hall–Kier alpha value is -3.61. The maximum Gasteiger partial charge on any atom is 0.511 e. The molecule has 7 nitrogen and oxygen atoms in total. The zero-order valence-electron chi connectivity index (χ0n) is 13.2. The smallest absolute Gasteiger partial charge is 0.449 e. The predicted molar refractivity (Wildman–Crippen MR) is 90.4 cm³/mol. The maximum absolute atomic E-state index is 10.8. The molecule has 0 radical (unpaired) electrons. The number of nitrogens with zero attached hydrogens (tertiary/aromatic N) is 2. The van der Waals surface area contributed by atoms with Crippen molar-refractivity contribution < 1.29 is 19.2 Å². The first-order valence-corrected chi connectivity index (χ1v) is 7.55. The Bertz CT molecular complexity index is 1070. The SMILES string of the molecule is Cc1c(-c2nc3c(OC(=O)O)cccc3[nH]2)noc1-c1ccccc1. The number of ether oxygens (including phenoxy) is 1. The predicted octanol–water partition coefficient (Wildman–Crippen LogP) is 4.25. The lowest BCUT2D eigenvalue weighted by Gasteiger charge is -1.98. The summed E-state index contributed by atoms with van der Waals surface area (Å²) in [6.45, 7) is 1.90. The van der Waals surface area contributed by atoms with Crippen molar-refractivity contribution in [1.82, 2.24) is 15.1 Å². The molecule has 0 bridgehead atoms. The van der Waals surface area contributed by atoms with E-state index in [0.29, 0.717) is 28.3 Å². The molecule has 0 aliphatic carbocycles. The molecule has 0 aliphatic rings. The fraction of sp³-hybridized carbons (Fsp3) is 0.0556. The molecule has 0 fully saturated rings. The number of H-pyrrole nitrogens is 1. The summed E-state index contributed by atoms with van der Waals surface area (Å²) in [6.07, 6.45) is -1.39. The van der Waals surface area contributed by atoms with Gasteiger partial charge < -0.3 is 19.4 Å². The van der Waals surface area contributed by atoms with Gasteiger partial charge in [-0.05, 0) is 19.1 Å². The van der Waals surface area contributed by atoms with Crippen LogP contribution in [0, 0.1) is 6.92 Å². The number of para-hydroxylation sites is 1. The number of imidazole rings is 1. The molecule has 2 aromatic carbocycles. The molecule has 0 saturated heterocycles. The highest BCUT2D eigenvalue weighted by Gasteiger charge is 2.19. The van der Waals surface area contributed by atoms with Crippen molar-refractivity contribution >= 4 is 17.2 Å². The van der Waals surface area contributed by atoms with E-state index < -0.39 is 6.16 Å². The molecule has 0 amide bonds. The zero-order chi connectivity index (χ0) is 17.4. The third-order valence-electron chi connectivity index (χ3n) is 3.86. The van der Waals surface area contributed by atoms with Gasteiger partial charge >= 0.3 is 6.16 Å². The van der Waals surface area contributed by atoms with Crippen LogP contribution < -0.4 is 4.74 Å². The molecule has 124 valence electrons. The zero-order valence-corrected chi connectivity index (χ0v) is 13.2. The van der Waals surface area contributed by atoms with E-state index in [0.717, 1.165) is 11.1 Å². The Kier molecular flexibility index (Phi) is 3.46. The quantitative estimate of drug-likeness (QED) is 0.429. The second-order valence-electron chi connectivity index (χ2n) is 5.46. The average molecular weight is 335 g/mol. The van der Waals surface area contributed by atoms with Crippen LogP contribution >= 0.6 is 0 Å². The van der Waals surface area contributed by atoms with E-state index in [-0.39, 0.29) is 5.75 Å². The molecular weight excluding hydrogens is 322 g/mol. The van der Waals surface area contributed by atoms with Crippen LogP contribution in [0.5, 0.6) is 5.75 Å². The Morgan fingerprint density at radius 2 is 1.96 bits per heavy atom. The summed E-state index contributed by atoms with van der Waals surface area (Å²) in [4.78, 5) is 18.4. The molecule has 2 aromatic heterocycles. The molecule has 4 rings (SSSR count). The highest BCUT2D eigenvalue weighted by atomic mass is 16.7. The molecule has 25 heavy (non-hydrogen) atoms. The van der Waals surface area contributed by atoms with Gasteiger partial charge in [0, 0.05) is 11.1 Å². The van der Waals surface area contributed by atoms with Gasteiger partial charge in [-0.25, -0.2) is 9.78 Å². The molecule has 2 heterocycles. The largest absolute Gasteiger partial charge is 0.511 e. The fourth-order valence-electron chi connectivity index (χ4n) is 2.71. The molecular formula is C18H13N3O4. The molecule has 0 unspecified atom stereocenters. The van der Waals surface area contributed by atoms with E-state index >= 15 is 0 Å². The minimum Gasteiger partial charge on any atom is -0.449 e. The van der Waals surface area contributed by atoms with Gasteiger partial charge in [-0.1, -0.05) is 41.6 Å². The normalized spacial score (nSPS) is 10.9. The van der Waals surface area contributed by atoms with E-state index in [1.165, 1.54) is 0 Å². The van der Waals surface area contributed by atoms with Gasteiger partial charge in [-0.3, -0.25) is 0 Å². The number of carbonyl (C=O) groups is 1. The number of aromatic amines is 1. The van der Waals surface area contributed by atoms with Gasteiger partial charge in [-0.15, -0.1) is 0 Å². The number of aromatic nitrogens is 3. The molecule has 0 atom stereocenters. The molecule has 2 N–H and O–H groups in total. The van der Waals surface area contributed by atoms with Crippen molar-refractivity contribution in [3.8, 4) is 28.6 Å². The lowest BCUT2D eigenvalue weighted by molar-refractivity contribution is 0.145. The Balaban J connectivity index is 1.81. The van der Waals surface area contributed by atoms with Crippen molar-refractivity contribution in [3.63, 3.8) is 0 Å². The van der Waals surface area contributed by atoms with Crippen molar-refractivity contribution in [2.75, 3.05) is 0 Å². The number of nitrogens with one attached hydrogen (secondary N) is 1.